The summed E-state index contributed by atoms with van der Waals surface area (Å²) in [5.41, 5.74) is 4.97. The predicted octanol–water partition coefficient (Wildman–Crippen LogP) is 3.67. The van der Waals surface area contributed by atoms with Gasteiger partial charge in [0.2, 0.25) is 5.91 Å². The number of carbonyl (C=O) groups is 1. The van der Waals surface area contributed by atoms with E-state index in [0.29, 0.717) is 31.8 Å². The fourth-order valence-corrected chi connectivity index (χ4v) is 3.10. The van der Waals surface area contributed by atoms with Crippen LogP contribution in [-0.4, -0.2) is 36.1 Å². The SMILES string of the molecule is CC(C)C[C@H](N)C(=O)NC1CCN(c2ncc(C(F)(F)F)cc2Cl)C1.Cl.Cl. The first-order valence-electron chi connectivity index (χ1n) is 8.11. The maximum Gasteiger partial charge on any atom is 0.417 e. The first kappa shape index (κ1) is 26.0. The van der Waals surface area contributed by atoms with Crippen LogP contribution in [0.2, 0.25) is 5.02 Å². The zero-order valence-corrected chi connectivity index (χ0v) is 17.3. The smallest absolute Gasteiger partial charge is 0.353 e. The molecule has 1 fully saturated rings. The van der Waals surface area contributed by atoms with Crippen molar-refractivity contribution in [2.24, 2.45) is 11.7 Å². The number of hydrogen-bond acceptors (Lipinski definition) is 4. The Labute approximate surface area is 174 Å². The summed E-state index contributed by atoms with van der Waals surface area (Å²) in [6, 6.07) is 0.168. The molecule has 1 aromatic rings. The van der Waals surface area contributed by atoms with Gasteiger partial charge < -0.3 is 16.0 Å². The van der Waals surface area contributed by atoms with Crippen molar-refractivity contribution in [1.82, 2.24) is 10.3 Å². The van der Waals surface area contributed by atoms with Crippen LogP contribution in [0.5, 0.6) is 0 Å². The van der Waals surface area contributed by atoms with Crippen molar-refractivity contribution in [3.8, 4) is 0 Å². The molecule has 27 heavy (non-hydrogen) atoms. The van der Waals surface area contributed by atoms with Gasteiger partial charge in [0.15, 0.2) is 0 Å². The monoisotopic (exact) mass is 450 g/mol. The van der Waals surface area contributed by atoms with E-state index in [1.165, 1.54) is 0 Å². The van der Waals surface area contributed by atoms with Crippen molar-refractivity contribution in [2.75, 3.05) is 18.0 Å². The van der Waals surface area contributed by atoms with Gasteiger partial charge in [-0.15, -0.1) is 24.8 Å². The lowest BCUT2D eigenvalue weighted by atomic mass is 10.0. The third-order valence-electron chi connectivity index (χ3n) is 4.05. The summed E-state index contributed by atoms with van der Waals surface area (Å²) in [5.74, 6) is 0.390. The third kappa shape index (κ3) is 7.18. The first-order valence-corrected chi connectivity index (χ1v) is 8.49. The number of hydrogen-bond donors (Lipinski definition) is 2. The molecule has 1 amide bonds. The van der Waals surface area contributed by atoms with Crippen LogP contribution in [0, 0.1) is 5.92 Å². The molecule has 0 bridgehead atoms. The maximum absolute atomic E-state index is 12.7. The van der Waals surface area contributed by atoms with Crippen LogP contribution < -0.4 is 16.0 Å². The molecule has 1 aliphatic rings. The second-order valence-electron chi connectivity index (χ2n) is 6.70. The highest BCUT2D eigenvalue weighted by atomic mass is 35.5. The van der Waals surface area contributed by atoms with Gasteiger partial charge in [-0.05, 0) is 24.8 Å². The van der Waals surface area contributed by atoms with Crippen molar-refractivity contribution in [3.63, 3.8) is 0 Å². The molecule has 1 unspecified atom stereocenters. The second-order valence-corrected chi connectivity index (χ2v) is 7.11. The molecule has 0 aliphatic carbocycles. The molecule has 0 saturated carbocycles. The molecule has 2 rings (SSSR count). The molecular weight excluding hydrogens is 428 g/mol. The highest BCUT2D eigenvalue weighted by Crippen LogP contribution is 2.34. The van der Waals surface area contributed by atoms with Crippen molar-refractivity contribution in [3.05, 3.63) is 22.8 Å². The Balaban J connectivity index is 0.00000338. The molecule has 0 radical (unpaired) electrons. The largest absolute Gasteiger partial charge is 0.417 e. The molecule has 3 N–H and O–H groups in total. The Morgan fingerprint density at radius 3 is 2.59 bits per heavy atom. The van der Waals surface area contributed by atoms with Gasteiger partial charge in [-0.2, -0.15) is 13.2 Å². The number of nitrogens with two attached hydrogens (primary N) is 1. The first-order chi connectivity index (χ1) is 11.6. The van der Waals surface area contributed by atoms with Crippen molar-refractivity contribution in [1.29, 1.82) is 0 Å². The molecular formula is C16H24Cl3F3N4O. The highest BCUT2D eigenvalue weighted by molar-refractivity contribution is 6.33. The van der Waals surface area contributed by atoms with Crippen LogP contribution in [-0.2, 0) is 11.0 Å². The summed E-state index contributed by atoms with van der Waals surface area (Å²) in [4.78, 5) is 17.7. The van der Waals surface area contributed by atoms with Crippen LogP contribution in [0.1, 0.15) is 32.3 Å². The van der Waals surface area contributed by atoms with Gasteiger partial charge in [-0.1, -0.05) is 25.4 Å². The van der Waals surface area contributed by atoms with Crippen molar-refractivity contribution >= 4 is 48.1 Å². The van der Waals surface area contributed by atoms with E-state index in [4.69, 9.17) is 17.3 Å². The van der Waals surface area contributed by atoms with Crippen LogP contribution in [0.25, 0.3) is 0 Å². The normalized spacial score (nSPS) is 17.9. The summed E-state index contributed by atoms with van der Waals surface area (Å²) < 4.78 is 38.0. The van der Waals surface area contributed by atoms with Gasteiger partial charge in [-0.3, -0.25) is 4.79 Å². The Kier molecular flexibility index (Phi) is 10.2. The molecule has 1 aliphatic heterocycles. The van der Waals surface area contributed by atoms with E-state index in [1.54, 1.807) is 4.90 Å². The van der Waals surface area contributed by atoms with Gasteiger partial charge in [0, 0.05) is 25.3 Å². The van der Waals surface area contributed by atoms with E-state index in [-0.39, 0.29) is 47.6 Å². The number of carbonyl (C=O) groups excluding carboxylic acids is 1. The number of anilines is 1. The van der Waals surface area contributed by atoms with Crippen molar-refractivity contribution < 1.29 is 18.0 Å². The molecule has 11 heteroatoms. The predicted molar refractivity (Wildman–Crippen MR) is 105 cm³/mol. The maximum atomic E-state index is 12.7. The molecule has 5 nitrogen and oxygen atoms in total. The van der Waals surface area contributed by atoms with Crippen LogP contribution in [0.4, 0.5) is 19.0 Å². The Morgan fingerprint density at radius 2 is 2.07 bits per heavy atom. The summed E-state index contributed by atoms with van der Waals surface area (Å²) in [5, 5.41) is 2.83. The van der Waals surface area contributed by atoms with Gasteiger partial charge in [-0.25, -0.2) is 4.98 Å². The average molecular weight is 452 g/mol. The van der Waals surface area contributed by atoms with Crippen LogP contribution >= 0.6 is 36.4 Å². The number of nitrogens with zero attached hydrogens (tertiary/aromatic N) is 2. The number of halogens is 6. The van der Waals surface area contributed by atoms with Gasteiger partial charge in [0.1, 0.15) is 5.82 Å². The minimum atomic E-state index is -4.48. The summed E-state index contributed by atoms with van der Waals surface area (Å²) >= 11 is 5.97. The molecule has 1 saturated heterocycles. The lowest BCUT2D eigenvalue weighted by molar-refractivity contribution is -0.137. The van der Waals surface area contributed by atoms with E-state index in [0.717, 1.165) is 12.3 Å². The number of aromatic nitrogens is 1. The summed E-state index contributed by atoms with van der Waals surface area (Å²) in [6.45, 7) is 4.95. The summed E-state index contributed by atoms with van der Waals surface area (Å²) in [7, 11) is 0. The Hall–Kier alpha value is -0.960. The van der Waals surface area contributed by atoms with Crippen molar-refractivity contribution in [2.45, 2.75) is 44.9 Å². The molecule has 1 aromatic heterocycles. The number of pyridine rings is 1. The van der Waals surface area contributed by atoms with E-state index < -0.39 is 17.8 Å². The average Bonchev–Trinajstić information content (AvgIpc) is 2.93. The summed E-state index contributed by atoms with van der Waals surface area (Å²) in [6.07, 6.45) is -2.47. The number of nitrogens with one attached hydrogen (secondary N) is 1. The molecule has 2 atom stereocenters. The topological polar surface area (TPSA) is 71.2 Å². The van der Waals surface area contributed by atoms with Crippen LogP contribution in [0.3, 0.4) is 0 Å². The molecule has 0 aromatic carbocycles. The quantitative estimate of drug-likeness (QED) is 0.717. The lowest BCUT2D eigenvalue weighted by Crippen LogP contribution is -2.46. The molecule has 156 valence electrons. The number of rotatable bonds is 5. The van der Waals surface area contributed by atoms with Crippen LogP contribution in [0.15, 0.2) is 12.3 Å². The Bertz CT molecular complexity index is 631. The van der Waals surface area contributed by atoms with Gasteiger partial charge in [0.25, 0.3) is 0 Å². The fraction of sp³-hybridized carbons (Fsp3) is 0.625. The molecule has 0 spiro atoms. The Morgan fingerprint density at radius 1 is 1.44 bits per heavy atom. The fourth-order valence-electron chi connectivity index (χ4n) is 2.81. The zero-order chi connectivity index (χ0) is 18.8. The van der Waals surface area contributed by atoms with E-state index in [9.17, 15) is 18.0 Å². The number of alkyl halides is 3. The highest BCUT2D eigenvalue weighted by Gasteiger charge is 2.33. The van der Waals surface area contributed by atoms with E-state index in [2.05, 4.69) is 10.3 Å². The van der Waals surface area contributed by atoms with Gasteiger partial charge >= 0.3 is 6.18 Å². The molecule has 2 heterocycles. The third-order valence-corrected chi connectivity index (χ3v) is 4.32. The number of amides is 1. The van der Waals surface area contributed by atoms with E-state index >= 15 is 0 Å². The van der Waals surface area contributed by atoms with Gasteiger partial charge in [0.05, 0.1) is 16.6 Å². The second kappa shape index (κ2) is 10.5. The standard InChI is InChI=1S/C16H22ClF3N4O.2ClH/c1-9(2)5-13(21)15(25)23-11-3-4-24(8-11)14-12(17)6-10(7-22-14)16(18,19)20;;/h6-7,9,11,13H,3-5,8,21H2,1-2H3,(H,23,25);2*1H/t11?,13-;;/m0../s1. The zero-order valence-electron chi connectivity index (χ0n) is 14.9. The minimum Gasteiger partial charge on any atom is -0.353 e. The lowest BCUT2D eigenvalue weighted by Gasteiger charge is -2.21. The van der Waals surface area contributed by atoms with E-state index in [1.807, 2.05) is 13.8 Å². The minimum absolute atomic E-state index is 0.